The van der Waals surface area contributed by atoms with Crippen molar-refractivity contribution in [3.05, 3.63) is 12.3 Å². The third-order valence-corrected chi connectivity index (χ3v) is 3.51. The van der Waals surface area contributed by atoms with Crippen molar-refractivity contribution >= 4 is 11.8 Å². The molecule has 106 valence electrons. The number of anilines is 1. The summed E-state index contributed by atoms with van der Waals surface area (Å²) in [5.41, 5.74) is -0.727. The van der Waals surface area contributed by atoms with Gasteiger partial charge >= 0.3 is 6.03 Å². The van der Waals surface area contributed by atoms with Gasteiger partial charge < -0.3 is 10.4 Å². The quantitative estimate of drug-likeness (QED) is 0.778. The highest BCUT2D eigenvalue weighted by Gasteiger charge is 2.31. The van der Waals surface area contributed by atoms with Crippen LogP contribution in [0.3, 0.4) is 0 Å². The van der Waals surface area contributed by atoms with E-state index in [1.54, 1.807) is 16.9 Å². The molecule has 2 rings (SSSR count). The summed E-state index contributed by atoms with van der Waals surface area (Å²) >= 11 is 0. The maximum absolute atomic E-state index is 11.8. The zero-order valence-corrected chi connectivity index (χ0v) is 11.5. The Morgan fingerprint density at radius 1 is 1.53 bits per heavy atom. The van der Waals surface area contributed by atoms with Crippen LogP contribution >= 0.6 is 0 Å². The molecule has 0 atom stereocenters. The Labute approximate surface area is 113 Å². The van der Waals surface area contributed by atoms with Crippen molar-refractivity contribution in [2.75, 3.05) is 11.9 Å². The summed E-state index contributed by atoms with van der Waals surface area (Å²) in [6, 6.07) is 1.64. The lowest BCUT2D eigenvalue weighted by Gasteiger charge is -2.22. The fourth-order valence-electron chi connectivity index (χ4n) is 2.44. The summed E-state index contributed by atoms with van der Waals surface area (Å²) in [5.74, 6) is 0.658. The fraction of sp³-hybridized carbons (Fsp3) is 0.692. The zero-order valence-electron chi connectivity index (χ0n) is 11.5. The Bertz CT molecular complexity index is 436. The highest BCUT2D eigenvalue weighted by Crippen LogP contribution is 2.28. The van der Waals surface area contributed by atoms with Crippen LogP contribution < -0.4 is 10.6 Å². The summed E-state index contributed by atoms with van der Waals surface area (Å²) in [6.45, 7) is 4.29. The number of amides is 2. The molecule has 0 aromatic carbocycles. The first kappa shape index (κ1) is 13.9. The van der Waals surface area contributed by atoms with Crippen molar-refractivity contribution < 1.29 is 9.90 Å². The molecular formula is C13H22N4O2. The number of aliphatic hydroxyl groups is 1. The second-order valence-corrected chi connectivity index (χ2v) is 5.49. The molecule has 1 aliphatic rings. The molecule has 1 aliphatic carbocycles. The standard InChI is InChI=1S/C13H22N4O2/c1-10(2)17-11(5-8-15-17)16-12(18)14-9-13(19)6-3-4-7-13/h5,8,10,19H,3-4,6-7,9H2,1-2H3,(H2,14,16,18). The van der Waals surface area contributed by atoms with Crippen molar-refractivity contribution in [2.45, 2.75) is 51.2 Å². The van der Waals surface area contributed by atoms with Crippen LogP contribution in [0.4, 0.5) is 10.6 Å². The van der Waals surface area contributed by atoms with E-state index in [1.165, 1.54) is 0 Å². The lowest BCUT2D eigenvalue weighted by Crippen LogP contribution is -2.42. The predicted octanol–water partition coefficient (Wildman–Crippen LogP) is 1.89. The summed E-state index contributed by atoms with van der Waals surface area (Å²) in [7, 11) is 0. The van der Waals surface area contributed by atoms with E-state index in [0.29, 0.717) is 12.4 Å². The third kappa shape index (κ3) is 3.47. The Balaban J connectivity index is 1.85. The molecular weight excluding hydrogens is 244 g/mol. The maximum Gasteiger partial charge on any atom is 0.320 e. The molecule has 1 fully saturated rings. The smallest absolute Gasteiger partial charge is 0.320 e. The van der Waals surface area contributed by atoms with Gasteiger partial charge in [0.1, 0.15) is 5.82 Å². The minimum Gasteiger partial charge on any atom is -0.388 e. The number of rotatable bonds is 4. The van der Waals surface area contributed by atoms with Gasteiger partial charge in [0, 0.05) is 18.7 Å². The molecule has 0 saturated heterocycles. The largest absolute Gasteiger partial charge is 0.388 e. The van der Waals surface area contributed by atoms with Crippen LogP contribution in [0.25, 0.3) is 0 Å². The van der Waals surface area contributed by atoms with E-state index in [1.807, 2.05) is 13.8 Å². The molecule has 1 aromatic heterocycles. The molecule has 1 heterocycles. The van der Waals surface area contributed by atoms with E-state index in [0.717, 1.165) is 25.7 Å². The fourth-order valence-corrected chi connectivity index (χ4v) is 2.44. The normalized spacial score (nSPS) is 17.7. The Hall–Kier alpha value is -1.56. The van der Waals surface area contributed by atoms with Crippen LogP contribution in [0.1, 0.15) is 45.6 Å². The summed E-state index contributed by atoms with van der Waals surface area (Å²) in [4.78, 5) is 11.8. The molecule has 1 aromatic rings. The molecule has 0 unspecified atom stereocenters. The summed E-state index contributed by atoms with van der Waals surface area (Å²) in [6.07, 6.45) is 5.23. The lowest BCUT2D eigenvalue weighted by molar-refractivity contribution is 0.0506. The number of aromatic nitrogens is 2. The predicted molar refractivity (Wildman–Crippen MR) is 73.1 cm³/mol. The zero-order chi connectivity index (χ0) is 13.9. The van der Waals surface area contributed by atoms with Gasteiger partial charge in [0.25, 0.3) is 0 Å². The van der Waals surface area contributed by atoms with E-state index in [4.69, 9.17) is 0 Å². The maximum atomic E-state index is 11.8. The first-order valence-electron chi connectivity index (χ1n) is 6.81. The van der Waals surface area contributed by atoms with Gasteiger partial charge in [-0.1, -0.05) is 12.8 Å². The van der Waals surface area contributed by atoms with Gasteiger partial charge in [-0.05, 0) is 26.7 Å². The van der Waals surface area contributed by atoms with E-state index in [2.05, 4.69) is 15.7 Å². The van der Waals surface area contributed by atoms with Gasteiger partial charge in [0.05, 0.1) is 11.8 Å². The minimum atomic E-state index is -0.727. The van der Waals surface area contributed by atoms with Gasteiger partial charge in [0.2, 0.25) is 0 Å². The summed E-state index contributed by atoms with van der Waals surface area (Å²) in [5, 5.41) is 19.8. The molecule has 0 aliphatic heterocycles. The molecule has 3 N–H and O–H groups in total. The number of nitrogens with one attached hydrogen (secondary N) is 2. The average molecular weight is 266 g/mol. The molecule has 2 amide bonds. The topological polar surface area (TPSA) is 79.2 Å². The lowest BCUT2D eigenvalue weighted by atomic mass is 10.0. The second kappa shape index (κ2) is 5.61. The van der Waals surface area contributed by atoms with E-state index < -0.39 is 5.60 Å². The number of carbonyl (C=O) groups is 1. The molecule has 0 spiro atoms. The van der Waals surface area contributed by atoms with Gasteiger partial charge in [-0.15, -0.1) is 0 Å². The van der Waals surface area contributed by atoms with E-state index in [9.17, 15) is 9.90 Å². The number of nitrogens with zero attached hydrogens (tertiary/aromatic N) is 2. The Kier molecular flexibility index (Phi) is 4.09. The van der Waals surface area contributed by atoms with Gasteiger partial charge in [-0.25, -0.2) is 9.48 Å². The Morgan fingerprint density at radius 3 is 2.84 bits per heavy atom. The van der Waals surface area contributed by atoms with E-state index >= 15 is 0 Å². The molecule has 1 saturated carbocycles. The van der Waals surface area contributed by atoms with Gasteiger partial charge in [-0.2, -0.15) is 5.10 Å². The van der Waals surface area contributed by atoms with Crippen LogP contribution in [0.5, 0.6) is 0 Å². The molecule has 19 heavy (non-hydrogen) atoms. The van der Waals surface area contributed by atoms with Crippen LogP contribution in [-0.4, -0.2) is 33.1 Å². The van der Waals surface area contributed by atoms with Crippen LogP contribution in [-0.2, 0) is 0 Å². The van der Waals surface area contributed by atoms with Crippen molar-refractivity contribution in [1.29, 1.82) is 0 Å². The van der Waals surface area contributed by atoms with Crippen molar-refractivity contribution in [3.63, 3.8) is 0 Å². The second-order valence-electron chi connectivity index (χ2n) is 5.49. The number of carbonyl (C=O) groups excluding carboxylic acids is 1. The summed E-state index contributed by atoms with van der Waals surface area (Å²) < 4.78 is 1.74. The van der Waals surface area contributed by atoms with Gasteiger partial charge in [-0.3, -0.25) is 5.32 Å². The third-order valence-electron chi connectivity index (χ3n) is 3.51. The minimum absolute atomic E-state index is 0.185. The van der Waals surface area contributed by atoms with E-state index in [-0.39, 0.29) is 12.1 Å². The van der Waals surface area contributed by atoms with Crippen molar-refractivity contribution in [2.24, 2.45) is 0 Å². The Morgan fingerprint density at radius 2 is 2.21 bits per heavy atom. The molecule has 0 radical (unpaired) electrons. The number of hydrogen-bond acceptors (Lipinski definition) is 3. The molecule has 6 nitrogen and oxygen atoms in total. The van der Waals surface area contributed by atoms with Crippen LogP contribution in [0.15, 0.2) is 12.3 Å². The number of urea groups is 1. The first-order chi connectivity index (χ1) is 9.00. The van der Waals surface area contributed by atoms with Crippen LogP contribution in [0.2, 0.25) is 0 Å². The highest BCUT2D eigenvalue weighted by molar-refractivity contribution is 5.88. The number of hydrogen-bond donors (Lipinski definition) is 3. The first-order valence-corrected chi connectivity index (χ1v) is 6.81. The monoisotopic (exact) mass is 266 g/mol. The van der Waals surface area contributed by atoms with Crippen molar-refractivity contribution in [1.82, 2.24) is 15.1 Å². The molecule has 6 heteroatoms. The van der Waals surface area contributed by atoms with Gasteiger partial charge in [0.15, 0.2) is 0 Å². The van der Waals surface area contributed by atoms with Crippen LogP contribution in [0, 0.1) is 0 Å². The van der Waals surface area contributed by atoms with Crippen molar-refractivity contribution in [3.8, 4) is 0 Å². The molecule has 0 bridgehead atoms. The highest BCUT2D eigenvalue weighted by atomic mass is 16.3. The average Bonchev–Trinajstić information content (AvgIpc) is 2.96. The SMILES string of the molecule is CC(C)n1nccc1NC(=O)NCC1(O)CCCC1.